The summed E-state index contributed by atoms with van der Waals surface area (Å²) in [5.74, 6) is 0. The lowest BCUT2D eigenvalue weighted by molar-refractivity contribution is -0.0230. The van der Waals surface area contributed by atoms with Crippen LogP contribution >= 0.6 is 45.9 Å². The maximum absolute atomic E-state index is 12.3. The minimum absolute atomic E-state index is 0.0949. The van der Waals surface area contributed by atoms with Crippen LogP contribution in [0, 0.1) is 6.92 Å². The van der Waals surface area contributed by atoms with Gasteiger partial charge in [0.15, 0.2) is 0 Å². The summed E-state index contributed by atoms with van der Waals surface area (Å²) < 4.78 is 47.3. The Balaban J connectivity index is 2.19. The monoisotopic (exact) mass is 567 g/mol. The second kappa shape index (κ2) is 9.98. The van der Waals surface area contributed by atoms with E-state index in [9.17, 15) is 28.2 Å². The molecule has 0 aliphatic carbocycles. The van der Waals surface area contributed by atoms with Crippen LogP contribution in [-0.2, 0) is 27.3 Å². The standard InChI is InChI=1S/C11H15BCl2N5O11P3/c1-5-3-19(10(21)16-9(5)20)8-2-6(17-18-15)7(29-8)4-28-33(12,27)30-32(25,26)11(13,14)31(22,23)24/h3,6-8H,2,4H2,1H3,(H,25,26)(H,16,20,21)(H2,22,23,24)/q-1/t6-,7+,8+,33+/m0/s1. The molecule has 22 heteroatoms. The predicted molar refractivity (Wildman–Crippen MR) is 114 cm³/mol. The molecule has 4 N–H and O–H groups in total. The van der Waals surface area contributed by atoms with Crippen LogP contribution in [0.15, 0.2) is 20.9 Å². The number of H-pyrrole nitrogens is 1. The molecule has 0 amide bonds. The number of nitrogens with one attached hydrogen (secondary N) is 1. The van der Waals surface area contributed by atoms with Crippen molar-refractivity contribution in [3.63, 3.8) is 0 Å². The molecule has 1 aromatic heterocycles. The van der Waals surface area contributed by atoms with Crippen molar-refractivity contribution in [1.82, 2.24) is 9.55 Å². The zero-order valence-corrected chi connectivity index (χ0v) is 20.5. The average molecular weight is 568 g/mol. The van der Waals surface area contributed by atoms with Crippen LogP contribution in [0.3, 0.4) is 0 Å². The van der Waals surface area contributed by atoms with E-state index in [1.54, 1.807) is 0 Å². The van der Waals surface area contributed by atoms with Gasteiger partial charge in [-0.15, -0.1) is 0 Å². The van der Waals surface area contributed by atoms with Gasteiger partial charge in [0.1, 0.15) is 6.23 Å². The smallest absolute Gasteiger partial charge is 0.381 e. The topological polar surface area (TPSA) is 243 Å². The summed E-state index contributed by atoms with van der Waals surface area (Å²) in [7, 11) is -11.3. The fourth-order valence-electron chi connectivity index (χ4n) is 2.59. The number of aromatic amines is 1. The number of hydrogen-bond acceptors (Lipinski definition) is 9. The molecule has 1 saturated heterocycles. The SMILES string of the molecule is [B-][P@@](=O)(OC[C@H]1O[C@@H](n2cc(C)c(=O)[nH]c2=O)C[C@@H]1N=[N+]=[N-])OP(=O)(O)C(Cl)(Cl)P(=O)(O)O. The van der Waals surface area contributed by atoms with Crippen molar-refractivity contribution in [3.8, 4) is 0 Å². The first-order valence-electron chi connectivity index (χ1n) is 8.44. The largest absolute Gasteiger partial charge is 0.443 e. The first-order valence-corrected chi connectivity index (χ1v) is 14.0. The van der Waals surface area contributed by atoms with E-state index < -0.39 is 62.7 Å². The minimum atomic E-state index is -5.75. The average Bonchev–Trinajstić information content (AvgIpc) is 3.04. The number of aromatic nitrogens is 2. The van der Waals surface area contributed by atoms with E-state index in [1.807, 2.05) is 0 Å². The molecule has 5 atom stereocenters. The third kappa shape index (κ3) is 6.40. The van der Waals surface area contributed by atoms with E-state index in [1.165, 1.54) is 13.1 Å². The van der Waals surface area contributed by atoms with Crippen LogP contribution < -0.4 is 11.2 Å². The van der Waals surface area contributed by atoms with Crippen molar-refractivity contribution in [1.29, 1.82) is 0 Å². The number of rotatable bonds is 9. The summed E-state index contributed by atoms with van der Waals surface area (Å²) >= 11 is 10.4. The van der Waals surface area contributed by atoms with E-state index in [-0.39, 0.29) is 12.0 Å². The van der Waals surface area contributed by atoms with Crippen LogP contribution in [0.25, 0.3) is 10.4 Å². The highest BCUT2D eigenvalue weighted by Crippen LogP contribution is 2.79. The molecule has 0 saturated carbocycles. The fraction of sp³-hybridized carbons (Fsp3) is 0.636. The number of nitrogens with zero attached hydrogens (tertiary/aromatic N) is 4. The molecule has 0 aromatic carbocycles. The van der Waals surface area contributed by atoms with Gasteiger partial charge in [0.2, 0.25) is 0 Å². The Morgan fingerprint density at radius 2 is 2.00 bits per heavy atom. The molecule has 1 fully saturated rings. The van der Waals surface area contributed by atoms with Crippen molar-refractivity contribution in [3.05, 3.63) is 43.0 Å². The molecule has 0 bridgehead atoms. The zero-order valence-electron chi connectivity index (χ0n) is 16.3. The maximum Gasteiger partial charge on any atom is 0.381 e. The van der Waals surface area contributed by atoms with E-state index in [4.69, 9.17) is 55.3 Å². The molecule has 33 heavy (non-hydrogen) atoms. The number of halogens is 2. The Kier molecular flexibility index (Phi) is 8.57. The summed E-state index contributed by atoms with van der Waals surface area (Å²) in [6, 6.07) is -1.02. The van der Waals surface area contributed by atoms with Crippen molar-refractivity contribution in [2.45, 2.75) is 35.5 Å². The number of alkyl halides is 2. The Hall–Kier alpha value is -0.915. The molecule has 1 aliphatic heterocycles. The Morgan fingerprint density at radius 1 is 1.39 bits per heavy atom. The Bertz CT molecular complexity index is 1230. The molecule has 0 spiro atoms. The fourth-order valence-corrected chi connectivity index (χ4v) is 6.96. The Labute approximate surface area is 195 Å². The number of hydrogen-bond donors (Lipinski definition) is 4. The van der Waals surface area contributed by atoms with Gasteiger partial charge >= 0.3 is 24.7 Å². The minimum Gasteiger partial charge on any atom is -0.443 e. The van der Waals surface area contributed by atoms with E-state index in [0.717, 1.165) is 4.57 Å². The van der Waals surface area contributed by atoms with E-state index in [0.29, 0.717) is 0 Å². The van der Waals surface area contributed by atoms with Gasteiger partial charge in [-0.25, -0.2) is 4.79 Å². The van der Waals surface area contributed by atoms with Crippen LogP contribution in [0.4, 0.5) is 0 Å². The van der Waals surface area contributed by atoms with Gasteiger partial charge in [0.05, 0.1) is 26.2 Å². The zero-order chi connectivity index (χ0) is 25.4. The van der Waals surface area contributed by atoms with Gasteiger partial charge in [0.25, 0.3) is 5.56 Å². The first kappa shape index (κ1) is 28.3. The van der Waals surface area contributed by atoms with Gasteiger partial charge in [-0.05, 0) is 12.5 Å². The normalized spacial score (nSPS) is 25.1. The molecule has 3 radical (unpaired) electrons. The second-order valence-corrected chi connectivity index (χ2v) is 14.8. The molecule has 1 unspecified atom stereocenters. The summed E-state index contributed by atoms with van der Waals surface area (Å²) in [5, 5.41) is 3.46. The lowest BCUT2D eigenvalue weighted by Gasteiger charge is -2.33. The maximum atomic E-state index is 12.3. The van der Waals surface area contributed by atoms with Gasteiger partial charge in [-0.2, -0.15) is 0 Å². The third-order valence-corrected chi connectivity index (χ3v) is 12.0. The highest BCUT2D eigenvalue weighted by atomic mass is 35.5. The van der Waals surface area contributed by atoms with Crippen LogP contribution in [0.5, 0.6) is 0 Å². The Morgan fingerprint density at radius 3 is 2.55 bits per heavy atom. The number of ether oxygens (including phenoxy) is 1. The molecule has 1 aromatic rings. The van der Waals surface area contributed by atoms with Gasteiger partial charge in [0, 0.05) is 23.1 Å². The van der Waals surface area contributed by atoms with Crippen molar-refractivity contribution < 1.29 is 41.9 Å². The summed E-state index contributed by atoms with van der Waals surface area (Å²) in [6.45, 7) is 0.633. The van der Waals surface area contributed by atoms with Crippen LogP contribution in [0.2, 0.25) is 0 Å². The molecular formula is C11H15BCl2N5O11P3-. The van der Waals surface area contributed by atoms with Gasteiger partial charge < -0.3 is 36.1 Å². The van der Waals surface area contributed by atoms with Gasteiger partial charge in [-0.3, -0.25) is 27.8 Å². The lowest BCUT2D eigenvalue weighted by Crippen LogP contribution is -2.33. The quantitative estimate of drug-likeness (QED) is 0.0832. The lowest BCUT2D eigenvalue weighted by atomic mass is 10.1. The van der Waals surface area contributed by atoms with E-state index >= 15 is 0 Å². The molecule has 183 valence electrons. The van der Waals surface area contributed by atoms with E-state index in [2.05, 4.69) is 19.3 Å². The van der Waals surface area contributed by atoms with Crippen LogP contribution in [0.1, 0.15) is 18.2 Å². The summed E-state index contributed by atoms with van der Waals surface area (Å²) in [5.41, 5.74) is 7.47. The number of aryl methyl sites for hydroxylation is 1. The van der Waals surface area contributed by atoms with Crippen molar-refractivity contribution in [2.75, 3.05) is 6.61 Å². The molecule has 2 heterocycles. The number of azide groups is 1. The molecule has 2 rings (SSSR count). The van der Waals surface area contributed by atoms with Crippen molar-refractivity contribution in [2.24, 2.45) is 5.11 Å². The first-order chi connectivity index (χ1) is 14.9. The van der Waals surface area contributed by atoms with Crippen molar-refractivity contribution >= 4 is 53.4 Å². The second-order valence-electron chi connectivity index (χ2n) is 6.61. The van der Waals surface area contributed by atoms with Gasteiger partial charge in [-0.1, -0.05) is 28.3 Å². The third-order valence-electron chi connectivity index (χ3n) is 4.19. The van der Waals surface area contributed by atoms with Crippen LogP contribution in [-0.4, -0.2) is 54.4 Å². The molecule has 1 aliphatic rings. The molecule has 16 nitrogen and oxygen atoms in total. The molecular weight excluding hydrogens is 553 g/mol. The highest BCUT2D eigenvalue weighted by molar-refractivity contribution is 7.88. The highest BCUT2D eigenvalue weighted by Gasteiger charge is 2.60. The predicted octanol–water partition coefficient (Wildman–Crippen LogP) is 1.57. The summed E-state index contributed by atoms with van der Waals surface area (Å²) in [4.78, 5) is 56.0. The summed E-state index contributed by atoms with van der Waals surface area (Å²) in [6.07, 6.45) is -1.18.